The molecule has 0 radical (unpaired) electrons. The van der Waals surface area contributed by atoms with Crippen molar-refractivity contribution in [3.63, 3.8) is 0 Å². The Kier molecular flexibility index (Phi) is 7.72. The molecule has 2 aliphatic heterocycles. The van der Waals surface area contributed by atoms with Gasteiger partial charge >= 0.3 is 0 Å². The lowest BCUT2D eigenvalue weighted by molar-refractivity contribution is -0.277. The fraction of sp³-hybridized carbons (Fsp3) is 0.480. The van der Waals surface area contributed by atoms with Crippen LogP contribution in [0.15, 0.2) is 27.4 Å². The van der Waals surface area contributed by atoms with Crippen LogP contribution in [0.3, 0.4) is 0 Å². The molecular formula is C25H28O16. The van der Waals surface area contributed by atoms with Gasteiger partial charge in [0.05, 0.1) is 24.2 Å². The van der Waals surface area contributed by atoms with Crippen molar-refractivity contribution in [1.29, 1.82) is 0 Å². The molecule has 2 fully saturated rings. The molecule has 0 amide bonds. The van der Waals surface area contributed by atoms with E-state index in [1.807, 2.05) is 0 Å². The second-order valence-electron chi connectivity index (χ2n) is 9.84. The van der Waals surface area contributed by atoms with Gasteiger partial charge in [0.15, 0.2) is 11.5 Å². The number of aliphatic hydroxyl groups is 8. The highest BCUT2D eigenvalue weighted by atomic mass is 16.7. The highest BCUT2D eigenvalue weighted by molar-refractivity contribution is 5.96. The lowest BCUT2D eigenvalue weighted by Gasteiger charge is -2.40. The number of aromatic hydroxyl groups is 3. The number of hydrogen-bond acceptors (Lipinski definition) is 16. The van der Waals surface area contributed by atoms with Crippen LogP contribution in [-0.4, -0.2) is 125 Å². The van der Waals surface area contributed by atoms with Gasteiger partial charge in [-0.15, -0.1) is 0 Å². The van der Waals surface area contributed by atoms with Crippen molar-refractivity contribution >= 4 is 21.9 Å². The molecule has 41 heavy (non-hydrogen) atoms. The summed E-state index contributed by atoms with van der Waals surface area (Å²) < 4.78 is 21.7. The third-order valence-corrected chi connectivity index (χ3v) is 7.30. The monoisotopic (exact) mass is 584 g/mol. The Morgan fingerprint density at radius 3 is 1.93 bits per heavy atom. The fourth-order valence-electron chi connectivity index (χ4n) is 5.02. The fourth-order valence-corrected chi connectivity index (χ4v) is 5.02. The minimum absolute atomic E-state index is 0.236. The molecule has 2 saturated heterocycles. The van der Waals surface area contributed by atoms with Gasteiger partial charge in [0.1, 0.15) is 83.0 Å². The first-order valence-electron chi connectivity index (χ1n) is 12.4. The van der Waals surface area contributed by atoms with Crippen LogP contribution in [0.2, 0.25) is 0 Å². The highest BCUT2D eigenvalue weighted by Gasteiger charge is 2.47. The van der Waals surface area contributed by atoms with Gasteiger partial charge in [0.2, 0.25) is 11.7 Å². The number of fused-ring (bicyclic) bond motifs is 2. The van der Waals surface area contributed by atoms with Crippen molar-refractivity contribution in [1.82, 2.24) is 0 Å². The van der Waals surface area contributed by atoms with Crippen LogP contribution in [-0.2, 0) is 9.47 Å². The minimum atomic E-state index is -1.90. The maximum Gasteiger partial charge on any atom is 0.229 e. The first-order chi connectivity index (χ1) is 19.4. The molecular weight excluding hydrogens is 556 g/mol. The summed E-state index contributed by atoms with van der Waals surface area (Å²) in [6.07, 6.45) is -16.9. The van der Waals surface area contributed by atoms with Gasteiger partial charge in [-0.3, -0.25) is 4.79 Å². The van der Waals surface area contributed by atoms with E-state index in [4.69, 9.17) is 18.6 Å². The van der Waals surface area contributed by atoms with E-state index >= 15 is 0 Å². The normalized spacial score (nSPS) is 34.2. The quantitative estimate of drug-likeness (QED) is 0.131. The Labute approximate surface area is 228 Å². The smallest absolute Gasteiger partial charge is 0.229 e. The zero-order valence-electron chi connectivity index (χ0n) is 20.9. The van der Waals surface area contributed by atoms with E-state index in [1.54, 1.807) is 0 Å². The largest absolute Gasteiger partial charge is 0.507 e. The maximum absolute atomic E-state index is 13.5. The van der Waals surface area contributed by atoms with Gasteiger partial charge < -0.3 is 74.8 Å². The number of hydrogen-bond donors (Lipinski definition) is 11. The molecule has 224 valence electrons. The Hall–Kier alpha value is -3.29. The van der Waals surface area contributed by atoms with Gasteiger partial charge in [-0.05, 0) is 6.07 Å². The van der Waals surface area contributed by atoms with Crippen molar-refractivity contribution < 1.29 is 74.8 Å². The number of ether oxygens (including phenoxy) is 3. The summed E-state index contributed by atoms with van der Waals surface area (Å²) in [5.74, 6) is -2.72. The summed E-state index contributed by atoms with van der Waals surface area (Å²) >= 11 is 0. The SMILES string of the molecule is O=c1c2cc(O[C@@H]3O[C@@H](CO)[C@@H](O)[C@@H](O)[C@@H]3O)c(O)cc2oc2cc(O)c([C@@H]3O[C@@H](CO)[C@@H](O)[C@@H](O)[C@@H]3O)c(O)c12. The zero-order chi connectivity index (χ0) is 29.9. The zero-order valence-corrected chi connectivity index (χ0v) is 20.9. The molecule has 0 saturated carbocycles. The van der Waals surface area contributed by atoms with Crippen LogP contribution in [0.25, 0.3) is 21.9 Å². The van der Waals surface area contributed by atoms with Crippen LogP contribution in [0, 0.1) is 0 Å². The van der Waals surface area contributed by atoms with Crippen molar-refractivity contribution in [3.05, 3.63) is 34.0 Å². The lowest BCUT2D eigenvalue weighted by Crippen LogP contribution is -2.60. The molecule has 2 aliphatic rings. The number of phenols is 3. The molecule has 5 rings (SSSR count). The minimum Gasteiger partial charge on any atom is -0.507 e. The number of aliphatic hydroxyl groups excluding tert-OH is 8. The standard InChI is InChI=1S/C25H28O16/c26-4-12-17(31)20(34)22(36)24(39-12)14-8(29)3-11-15(19(14)33)16(30)6-1-10(7(28)2-9(6)38-11)40-25-23(37)21(35)18(32)13(5-27)41-25/h1-3,12-13,17-18,20-29,31-37H,4-5H2/t12-,13-,17+,18+,20+,21+,22-,23-,24-,25+/m0/s1. The van der Waals surface area contributed by atoms with Crippen LogP contribution < -0.4 is 10.2 Å². The molecule has 11 N–H and O–H groups in total. The first-order valence-corrected chi connectivity index (χ1v) is 12.4. The average molecular weight is 584 g/mol. The van der Waals surface area contributed by atoms with E-state index in [0.717, 1.165) is 18.2 Å². The van der Waals surface area contributed by atoms with E-state index in [0.29, 0.717) is 0 Å². The van der Waals surface area contributed by atoms with E-state index in [2.05, 4.69) is 0 Å². The van der Waals surface area contributed by atoms with Crippen LogP contribution in [0.5, 0.6) is 23.0 Å². The predicted molar refractivity (Wildman–Crippen MR) is 132 cm³/mol. The molecule has 0 aliphatic carbocycles. The van der Waals surface area contributed by atoms with Gasteiger partial charge in [0.25, 0.3) is 0 Å². The molecule has 1 aromatic heterocycles. The molecule has 3 heterocycles. The second-order valence-corrected chi connectivity index (χ2v) is 9.84. The number of rotatable bonds is 5. The van der Waals surface area contributed by atoms with Crippen molar-refractivity contribution in [2.45, 2.75) is 61.2 Å². The van der Waals surface area contributed by atoms with Gasteiger partial charge in [0, 0.05) is 12.1 Å². The Morgan fingerprint density at radius 2 is 1.29 bits per heavy atom. The van der Waals surface area contributed by atoms with Gasteiger partial charge in [-0.1, -0.05) is 0 Å². The Morgan fingerprint density at radius 1 is 0.707 bits per heavy atom. The van der Waals surface area contributed by atoms with E-state index in [9.17, 15) is 61.0 Å². The highest BCUT2D eigenvalue weighted by Crippen LogP contribution is 2.45. The third kappa shape index (κ3) is 4.73. The molecule has 0 unspecified atom stereocenters. The summed E-state index contributed by atoms with van der Waals surface area (Å²) in [4.78, 5) is 13.5. The molecule has 16 nitrogen and oxygen atoms in total. The van der Waals surface area contributed by atoms with Crippen LogP contribution in [0.4, 0.5) is 0 Å². The Balaban J connectivity index is 1.60. The lowest BCUT2D eigenvalue weighted by atomic mass is 9.89. The van der Waals surface area contributed by atoms with Crippen molar-refractivity contribution in [2.24, 2.45) is 0 Å². The summed E-state index contributed by atoms with van der Waals surface area (Å²) in [6, 6.07) is 2.84. The first kappa shape index (κ1) is 29.2. The van der Waals surface area contributed by atoms with E-state index in [-0.39, 0.29) is 16.6 Å². The molecule has 0 bridgehead atoms. The van der Waals surface area contributed by atoms with Gasteiger partial charge in [-0.2, -0.15) is 0 Å². The topological polar surface area (TPSA) is 280 Å². The second kappa shape index (κ2) is 10.8. The van der Waals surface area contributed by atoms with Crippen LogP contribution >= 0.6 is 0 Å². The molecule has 0 spiro atoms. The van der Waals surface area contributed by atoms with Crippen LogP contribution in [0.1, 0.15) is 11.7 Å². The molecule has 16 heteroatoms. The summed E-state index contributed by atoms with van der Waals surface area (Å²) in [7, 11) is 0. The maximum atomic E-state index is 13.5. The molecule has 2 aromatic carbocycles. The predicted octanol–water partition coefficient (Wildman–Crippen LogP) is -3.24. The van der Waals surface area contributed by atoms with Crippen molar-refractivity contribution in [2.75, 3.05) is 13.2 Å². The molecule has 10 atom stereocenters. The van der Waals surface area contributed by atoms with E-state index in [1.165, 1.54) is 0 Å². The van der Waals surface area contributed by atoms with E-state index < -0.39 is 114 Å². The third-order valence-electron chi connectivity index (χ3n) is 7.30. The summed E-state index contributed by atoms with van der Waals surface area (Å²) in [5.41, 5.74) is -2.06. The number of phenolic OH excluding ortho intramolecular Hbond substituents is 3. The summed E-state index contributed by atoms with van der Waals surface area (Å²) in [6.45, 7) is -1.53. The summed E-state index contributed by atoms with van der Waals surface area (Å²) in [5, 5.41) is 111. The Bertz CT molecular complexity index is 1500. The molecule has 3 aromatic rings. The van der Waals surface area contributed by atoms with Gasteiger partial charge in [-0.25, -0.2) is 0 Å². The average Bonchev–Trinajstić information content (AvgIpc) is 2.93. The van der Waals surface area contributed by atoms with Crippen molar-refractivity contribution in [3.8, 4) is 23.0 Å². The number of benzene rings is 2.